The van der Waals surface area contributed by atoms with E-state index in [0.717, 1.165) is 38.4 Å². The van der Waals surface area contributed by atoms with E-state index in [9.17, 15) is 13.2 Å². The summed E-state index contributed by atoms with van der Waals surface area (Å²) < 4.78 is 28.1. The number of carbonyl (C=O) groups excluding carboxylic acids is 1. The summed E-state index contributed by atoms with van der Waals surface area (Å²) in [4.78, 5) is 16.5. The van der Waals surface area contributed by atoms with Gasteiger partial charge in [-0.25, -0.2) is 8.42 Å². The Bertz CT molecular complexity index is 622. The first-order valence-electron chi connectivity index (χ1n) is 7.69. The number of sulfone groups is 1. The average molecular weight is 340 g/mol. The molecule has 1 aromatic rings. The number of hydrogen-bond donors (Lipinski definition) is 0. The molecule has 7 heteroatoms. The van der Waals surface area contributed by atoms with Crippen molar-refractivity contribution in [3.8, 4) is 0 Å². The summed E-state index contributed by atoms with van der Waals surface area (Å²) in [5.41, 5.74) is 0.820. The van der Waals surface area contributed by atoms with Crippen molar-refractivity contribution in [2.24, 2.45) is 0 Å². The van der Waals surface area contributed by atoms with Crippen molar-refractivity contribution in [3.63, 3.8) is 0 Å². The van der Waals surface area contributed by atoms with Gasteiger partial charge in [-0.1, -0.05) is 12.1 Å². The van der Waals surface area contributed by atoms with Gasteiger partial charge in [-0.2, -0.15) is 0 Å². The zero-order valence-corrected chi connectivity index (χ0v) is 14.5. The van der Waals surface area contributed by atoms with Crippen LogP contribution in [0.15, 0.2) is 29.2 Å². The number of benzene rings is 1. The summed E-state index contributed by atoms with van der Waals surface area (Å²) in [5, 5.41) is 0. The zero-order valence-electron chi connectivity index (χ0n) is 13.7. The lowest BCUT2D eigenvalue weighted by molar-refractivity contribution is -0.129. The van der Waals surface area contributed by atoms with Crippen molar-refractivity contribution in [1.29, 1.82) is 0 Å². The Balaban J connectivity index is 1.83. The van der Waals surface area contributed by atoms with E-state index in [0.29, 0.717) is 6.54 Å². The number of nitrogens with zero attached hydrogens (tertiary/aromatic N) is 2. The maximum absolute atomic E-state index is 12.2. The highest BCUT2D eigenvalue weighted by atomic mass is 32.2. The quantitative estimate of drug-likeness (QED) is 0.751. The maximum atomic E-state index is 12.2. The van der Waals surface area contributed by atoms with Gasteiger partial charge in [0.1, 0.15) is 0 Å². The van der Waals surface area contributed by atoms with Gasteiger partial charge in [0.15, 0.2) is 9.84 Å². The Hall–Kier alpha value is -1.44. The SMILES string of the molecule is CN(CCN1CCOCC1)C(=O)Cc1ccc(S(C)(=O)=O)cc1. The van der Waals surface area contributed by atoms with Gasteiger partial charge in [-0.15, -0.1) is 0 Å². The molecular weight excluding hydrogens is 316 g/mol. The second-order valence-electron chi connectivity index (χ2n) is 5.86. The molecule has 2 rings (SSSR count). The van der Waals surface area contributed by atoms with Crippen LogP contribution in [0.4, 0.5) is 0 Å². The summed E-state index contributed by atoms with van der Waals surface area (Å²) in [5.74, 6) is 0.0327. The van der Waals surface area contributed by atoms with E-state index in [-0.39, 0.29) is 17.2 Å². The fraction of sp³-hybridized carbons (Fsp3) is 0.562. The first-order valence-corrected chi connectivity index (χ1v) is 9.58. The molecule has 23 heavy (non-hydrogen) atoms. The van der Waals surface area contributed by atoms with Crippen LogP contribution >= 0.6 is 0 Å². The van der Waals surface area contributed by atoms with Crippen LogP contribution in [0, 0.1) is 0 Å². The highest BCUT2D eigenvalue weighted by Crippen LogP contribution is 2.11. The number of morpholine rings is 1. The van der Waals surface area contributed by atoms with Gasteiger partial charge in [-0.3, -0.25) is 9.69 Å². The molecule has 0 aromatic heterocycles. The highest BCUT2D eigenvalue weighted by Gasteiger charge is 2.14. The fourth-order valence-electron chi connectivity index (χ4n) is 2.40. The predicted molar refractivity (Wildman–Crippen MR) is 88.2 cm³/mol. The molecule has 0 unspecified atom stereocenters. The Morgan fingerprint density at radius 3 is 2.39 bits per heavy atom. The van der Waals surface area contributed by atoms with Crippen LogP contribution in [0.3, 0.4) is 0 Å². The molecule has 0 spiro atoms. The molecular formula is C16H24N2O4S. The molecule has 1 aliphatic heterocycles. The molecule has 1 aromatic carbocycles. The van der Waals surface area contributed by atoms with Crippen LogP contribution in [0.1, 0.15) is 5.56 Å². The summed E-state index contributed by atoms with van der Waals surface area (Å²) in [6.45, 7) is 4.86. The number of hydrogen-bond acceptors (Lipinski definition) is 5. The molecule has 1 fully saturated rings. The third-order valence-corrected chi connectivity index (χ3v) is 5.12. The van der Waals surface area contributed by atoms with Gasteiger partial charge in [-0.05, 0) is 17.7 Å². The van der Waals surface area contributed by atoms with Crippen molar-refractivity contribution < 1.29 is 17.9 Å². The van der Waals surface area contributed by atoms with E-state index >= 15 is 0 Å². The molecule has 0 aliphatic carbocycles. The molecule has 1 saturated heterocycles. The Kier molecular flexibility index (Phi) is 6.15. The number of ether oxygens (including phenoxy) is 1. The van der Waals surface area contributed by atoms with Crippen molar-refractivity contribution in [2.75, 3.05) is 52.7 Å². The summed E-state index contributed by atoms with van der Waals surface area (Å²) in [6, 6.07) is 6.49. The lowest BCUT2D eigenvalue weighted by atomic mass is 10.1. The molecule has 0 atom stereocenters. The fourth-order valence-corrected chi connectivity index (χ4v) is 3.04. The lowest BCUT2D eigenvalue weighted by Gasteiger charge is -2.28. The van der Waals surface area contributed by atoms with E-state index < -0.39 is 9.84 Å². The number of amides is 1. The van der Waals surface area contributed by atoms with Crippen molar-refractivity contribution >= 4 is 15.7 Å². The summed E-state index contributed by atoms with van der Waals surface area (Å²) in [6.07, 6.45) is 1.45. The minimum absolute atomic E-state index is 0.0327. The van der Waals surface area contributed by atoms with E-state index in [1.54, 1.807) is 36.2 Å². The van der Waals surface area contributed by atoms with Crippen LogP contribution in [-0.4, -0.2) is 76.8 Å². The second-order valence-corrected chi connectivity index (χ2v) is 7.88. The molecule has 1 heterocycles. The number of carbonyl (C=O) groups is 1. The Morgan fingerprint density at radius 2 is 1.83 bits per heavy atom. The predicted octanol–water partition coefficient (Wildman–Crippen LogP) is 0.423. The first kappa shape index (κ1) is 17.9. The molecule has 0 saturated carbocycles. The molecule has 0 bridgehead atoms. The third kappa shape index (κ3) is 5.60. The van der Waals surface area contributed by atoms with E-state index in [2.05, 4.69) is 4.90 Å². The first-order chi connectivity index (χ1) is 10.9. The molecule has 128 valence electrons. The largest absolute Gasteiger partial charge is 0.379 e. The number of rotatable bonds is 6. The van der Waals surface area contributed by atoms with Gasteiger partial charge in [0, 0.05) is 39.5 Å². The van der Waals surface area contributed by atoms with E-state index in [1.165, 1.54) is 6.26 Å². The van der Waals surface area contributed by atoms with E-state index in [1.807, 2.05) is 0 Å². The van der Waals surface area contributed by atoms with Crippen LogP contribution in [0.2, 0.25) is 0 Å². The molecule has 1 amide bonds. The third-order valence-electron chi connectivity index (χ3n) is 3.99. The van der Waals surface area contributed by atoms with Gasteiger partial charge >= 0.3 is 0 Å². The molecule has 6 nitrogen and oxygen atoms in total. The van der Waals surface area contributed by atoms with Crippen LogP contribution in [-0.2, 0) is 25.8 Å². The zero-order chi connectivity index (χ0) is 16.9. The van der Waals surface area contributed by atoms with Gasteiger partial charge in [0.25, 0.3) is 0 Å². The normalized spacial score (nSPS) is 16.3. The summed E-state index contributed by atoms with van der Waals surface area (Å²) in [7, 11) is -1.40. The Morgan fingerprint density at radius 1 is 1.22 bits per heavy atom. The Labute approximate surface area is 137 Å². The van der Waals surface area contributed by atoms with E-state index in [4.69, 9.17) is 4.74 Å². The smallest absolute Gasteiger partial charge is 0.226 e. The topological polar surface area (TPSA) is 66.9 Å². The van der Waals surface area contributed by atoms with Crippen molar-refractivity contribution in [1.82, 2.24) is 9.80 Å². The van der Waals surface area contributed by atoms with Crippen molar-refractivity contribution in [3.05, 3.63) is 29.8 Å². The molecule has 0 radical (unpaired) electrons. The lowest BCUT2D eigenvalue weighted by Crippen LogP contribution is -2.42. The van der Waals surface area contributed by atoms with Gasteiger partial charge in [0.2, 0.25) is 5.91 Å². The van der Waals surface area contributed by atoms with Gasteiger partial charge < -0.3 is 9.64 Å². The standard InChI is InChI=1S/C16H24N2O4S/c1-17(7-8-18-9-11-22-12-10-18)16(19)13-14-3-5-15(6-4-14)23(2,20)21/h3-6H,7-13H2,1-2H3. The monoisotopic (exact) mass is 340 g/mol. The van der Waals surface area contributed by atoms with Crippen LogP contribution in [0.5, 0.6) is 0 Å². The molecule has 1 aliphatic rings. The average Bonchev–Trinajstić information content (AvgIpc) is 2.53. The summed E-state index contributed by atoms with van der Waals surface area (Å²) >= 11 is 0. The number of likely N-dealkylation sites (N-methyl/N-ethyl adjacent to an activating group) is 1. The second kappa shape index (κ2) is 7.90. The van der Waals surface area contributed by atoms with Crippen molar-refractivity contribution in [2.45, 2.75) is 11.3 Å². The highest BCUT2D eigenvalue weighted by molar-refractivity contribution is 7.90. The minimum Gasteiger partial charge on any atom is -0.379 e. The van der Waals surface area contributed by atoms with Crippen LogP contribution < -0.4 is 0 Å². The minimum atomic E-state index is -3.20. The van der Waals surface area contributed by atoms with Crippen LogP contribution in [0.25, 0.3) is 0 Å². The maximum Gasteiger partial charge on any atom is 0.226 e. The molecule has 0 N–H and O–H groups in total. The van der Waals surface area contributed by atoms with Gasteiger partial charge in [0.05, 0.1) is 24.5 Å².